The second-order valence-corrected chi connectivity index (χ2v) is 7.99. The zero-order valence-electron chi connectivity index (χ0n) is 15.2. The van der Waals surface area contributed by atoms with Crippen LogP contribution in [0.25, 0.3) is 0 Å². The lowest BCUT2D eigenvalue weighted by Crippen LogP contribution is -2.40. The van der Waals surface area contributed by atoms with E-state index in [1.54, 1.807) is 37.4 Å². The number of ether oxygens (including phenoxy) is 1. The molecule has 0 heterocycles. The molecule has 0 aromatic heterocycles. The molecular weight excluding hydrogens is 453 g/mol. The molecule has 0 aliphatic carbocycles. The largest absolute Gasteiger partial charge is 0.381 e. The highest BCUT2D eigenvalue weighted by Crippen LogP contribution is 2.09. The fourth-order valence-electron chi connectivity index (χ4n) is 1.97. The van der Waals surface area contributed by atoms with Crippen LogP contribution >= 0.6 is 24.0 Å². The number of halogens is 1. The summed E-state index contributed by atoms with van der Waals surface area (Å²) in [6, 6.07) is 8.47. The number of aliphatic imine (C=N–C) groups is 1. The van der Waals surface area contributed by atoms with E-state index in [-0.39, 0.29) is 29.7 Å². The molecule has 0 saturated heterocycles. The van der Waals surface area contributed by atoms with E-state index >= 15 is 0 Å². The topological polar surface area (TPSA) is 79.8 Å². The molecule has 6 nitrogen and oxygen atoms in total. The molecule has 0 unspecified atom stereocenters. The van der Waals surface area contributed by atoms with Crippen LogP contribution in [0.1, 0.15) is 20.3 Å². The lowest BCUT2D eigenvalue weighted by atomic mass is 10.2. The summed E-state index contributed by atoms with van der Waals surface area (Å²) in [7, 11) is -1.61. The number of sulfone groups is 1. The Morgan fingerprint density at radius 1 is 1.16 bits per heavy atom. The zero-order valence-corrected chi connectivity index (χ0v) is 18.3. The molecule has 8 heteroatoms. The maximum Gasteiger partial charge on any atom is 0.191 e. The molecule has 1 rings (SSSR count). The molecule has 0 radical (unpaired) electrons. The van der Waals surface area contributed by atoms with Gasteiger partial charge >= 0.3 is 0 Å². The fourth-order valence-corrected chi connectivity index (χ4v) is 3.15. The van der Waals surface area contributed by atoms with E-state index in [0.717, 1.165) is 19.6 Å². The van der Waals surface area contributed by atoms with Crippen LogP contribution in [0.4, 0.5) is 0 Å². The monoisotopic (exact) mass is 483 g/mol. The molecule has 0 fully saturated rings. The van der Waals surface area contributed by atoms with Gasteiger partial charge in [0, 0.05) is 33.4 Å². The SMILES string of the molecule is CN=C(NCCCOCC(C)C)NCCS(=O)(=O)c1ccccc1.I. The summed E-state index contributed by atoms with van der Waals surface area (Å²) in [5.74, 6) is 1.16. The molecule has 0 aliphatic heterocycles. The van der Waals surface area contributed by atoms with E-state index in [1.165, 1.54) is 0 Å². The van der Waals surface area contributed by atoms with Crippen molar-refractivity contribution in [3.05, 3.63) is 30.3 Å². The second-order valence-electron chi connectivity index (χ2n) is 5.88. The van der Waals surface area contributed by atoms with Crippen LogP contribution in [0, 0.1) is 5.92 Å². The third-order valence-electron chi connectivity index (χ3n) is 3.20. The van der Waals surface area contributed by atoms with Crippen molar-refractivity contribution in [2.75, 3.05) is 39.1 Å². The van der Waals surface area contributed by atoms with Gasteiger partial charge in [-0.3, -0.25) is 4.99 Å². The predicted octanol–water partition coefficient (Wildman–Crippen LogP) is 2.31. The summed E-state index contributed by atoms with van der Waals surface area (Å²) in [6.45, 7) is 6.74. The summed E-state index contributed by atoms with van der Waals surface area (Å²) in [6.07, 6.45) is 0.871. The summed E-state index contributed by atoms with van der Waals surface area (Å²) >= 11 is 0. The van der Waals surface area contributed by atoms with Crippen molar-refractivity contribution in [2.24, 2.45) is 10.9 Å². The summed E-state index contributed by atoms with van der Waals surface area (Å²) in [4.78, 5) is 4.43. The molecule has 0 amide bonds. The van der Waals surface area contributed by atoms with Crippen molar-refractivity contribution in [2.45, 2.75) is 25.2 Å². The van der Waals surface area contributed by atoms with Gasteiger partial charge in [-0.15, -0.1) is 24.0 Å². The van der Waals surface area contributed by atoms with Gasteiger partial charge in [0.25, 0.3) is 0 Å². The van der Waals surface area contributed by atoms with Gasteiger partial charge in [-0.25, -0.2) is 8.42 Å². The van der Waals surface area contributed by atoms with Crippen LogP contribution in [0.2, 0.25) is 0 Å². The van der Waals surface area contributed by atoms with Crippen molar-refractivity contribution >= 4 is 39.8 Å². The van der Waals surface area contributed by atoms with E-state index in [1.807, 2.05) is 0 Å². The Morgan fingerprint density at radius 2 is 1.80 bits per heavy atom. The number of nitrogens with one attached hydrogen (secondary N) is 2. The molecule has 0 spiro atoms. The van der Waals surface area contributed by atoms with Crippen LogP contribution in [-0.4, -0.2) is 53.5 Å². The van der Waals surface area contributed by atoms with Crippen molar-refractivity contribution in [1.29, 1.82) is 0 Å². The number of hydrogen-bond acceptors (Lipinski definition) is 4. The highest BCUT2D eigenvalue weighted by molar-refractivity contribution is 14.0. The molecule has 1 aromatic carbocycles. The summed E-state index contributed by atoms with van der Waals surface area (Å²) in [5, 5.41) is 6.17. The highest BCUT2D eigenvalue weighted by Gasteiger charge is 2.13. The molecule has 0 aliphatic rings. The molecule has 0 bridgehead atoms. The maximum atomic E-state index is 12.2. The average molecular weight is 483 g/mol. The molecule has 144 valence electrons. The van der Waals surface area contributed by atoms with Gasteiger partial charge in [0.2, 0.25) is 0 Å². The lowest BCUT2D eigenvalue weighted by Gasteiger charge is -2.12. The van der Waals surface area contributed by atoms with Crippen LogP contribution in [0.5, 0.6) is 0 Å². The smallest absolute Gasteiger partial charge is 0.191 e. The standard InChI is InChI=1S/C17H29N3O3S.HI/c1-15(2)14-23-12-7-10-19-17(18-3)20-11-13-24(21,22)16-8-5-4-6-9-16;/h4-6,8-9,15H,7,10-14H2,1-3H3,(H2,18,19,20);1H. The summed E-state index contributed by atoms with van der Waals surface area (Å²) in [5.41, 5.74) is 0. The van der Waals surface area contributed by atoms with Gasteiger partial charge < -0.3 is 15.4 Å². The first-order valence-electron chi connectivity index (χ1n) is 8.26. The normalized spacial score (nSPS) is 11.9. The van der Waals surface area contributed by atoms with Gasteiger partial charge in [-0.2, -0.15) is 0 Å². The van der Waals surface area contributed by atoms with Crippen LogP contribution < -0.4 is 10.6 Å². The molecule has 0 atom stereocenters. The Hall–Kier alpha value is -0.870. The first-order valence-corrected chi connectivity index (χ1v) is 9.91. The third kappa shape index (κ3) is 10.7. The van der Waals surface area contributed by atoms with E-state index in [2.05, 4.69) is 29.5 Å². The zero-order chi connectivity index (χ0) is 17.8. The van der Waals surface area contributed by atoms with Crippen molar-refractivity contribution in [3.8, 4) is 0 Å². The predicted molar refractivity (Wildman–Crippen MR) is 114 cm³/mol. The minimum Gasteiger partial charge on any atom is -0.381 e. The number of rotatable bonds is 10. The van der Waals surface area contributed by atoms with Gasteiger partial charge in [0.05, 0.1) is 10.6 Å². The lowest BCUT2D eigenvalue weighted by molar-refractivity contribution is 0.108. The van der Waals surface area contributed by atoms with E-state index in [0.29, 0.717) is 29.9 Å². The molecule has 25 heavy (non-hydrogen) atoms. The number of guanidine groups is 1. The second kappa shape index (κ2) is 13.3. The van der Waals surface area contributed by atoms with Crippen LogP contribution in [0.15, 0.2) is 40.2 Å². The number of benzene rings is 1. The Kier molecular flexibility index (Phi) is 12.9. The van der Waals surface area contributed by atoms with Gasteiger partial charge in [-0.05, 0) is 24.5 Å². The minimum absolute atomic E-state index is 0. The number of hydrogen-bond donors (Lipinski definition) is 2. The Balaban J connectivity index is 0.00000576. The van der Waals surface area contributed by atoms with E-state index in [9.17, 15) is 8.42 Å². The fraction of sp³-hybridized carbons (Fsp3) is 0.588. The Labute approximate surface area is 168 Å². The first kappa shape index (κ1) is 24.1. The first-order chi connectivity index (χ1) is 11.5. The van der Waals surface area contributed by atoms with E-state index < -0.39 is 9.84 Å². The minimum atomic E-state index is -3.27. The molecule has 2 N–H and O–H groups in total. The maximum absolute atomic E-state index is 12.2. The van der Waals surface area contributed by atoms with Crippen molar-refractivity contribution in [1.82, 2.24) is 10.6 Å². The molecule has 1 aromatic rings. The number of nitrogens with zero attached hydrogens (tertiary/aromatic N) is 1. The van der Waals surface area contributed by atoms with Gasteiger partial charge in [0.1, 0.15) is 0 Å². The molecular formula is C17H30IN3O3S. The van der Waals surface area contributed by atoms with Crippen LogP contribution in [-0.2, 0) is 14.6 Å². The summed E-state index contributed by atoms with van der Waals surface area (Å²) < 4.78 is 29.9. The Morgan fingerprint density at radius 3 is 2.40 bits per heavy atom. The van der Waals surface area contributed by atoms with Gasteiger partial charge in [0.15, 0.2) is 15.8 Å². The quantitative estimate of drug-likeness (QED) is 0.231. The van der Waals surface area contributed by atoms with Crippen LogP contribution in [0.3, 0.4) is 0 Å². The van der Waals surface area contributed by atoms with Crippen molar-refractivity contribution in [3.63, 3.8) is 0 Å². The van der Waals surface area contributed by atoms with Gasteiger partial charge in [-0.1, -0.05) is 32.0 Å². The average Bonchev–Trinajstić information content (AvgIpc) is 2.56. The highest BCUT2D eigenvalue weighted by atomic mass is 127. The Bertz CT molecular complexity index is 592. The molecule has 0 saturated carbocycles. The third-order valence-corrected chi connectivity index (χ3v) is 4.93. The van der Waals surface area contributed by atoms with Crippen molar-refractivity contribution < 1.29 is 13.2 Å². The van der Waals surface area contributed by atoms with E-state index in [4.69, 9.17) is 4.74 Å².